The van der Waals surface area contributed by atoms with E-state index in [1.807, 2.05) is 57.2 Å². The molecular formula is C26H32N2O5. The zero-order valence-electron chi connectivity index (χ0n) is 19.3. The monoisotopic (exact) mass is 452 g/mol. The molecule has 2 aromatic rings. The smallest absolute Gasteiger partial charge is 0.407 e. The molecule has 1 aliphatic carbocycles. The molecule has 0 heterocycles. The van der Waals surface area contributed by atoms with E-state index in [1.165, 1.54) is 0 Å². The Morgan fingerprint density at radius 3 is 2.09 bits per heavy atom. The minimum Gasteiger partial charge on any atom is -0.481 e. The summed E-state index contributed by atoms with van der Waals surface area (Å²) < 4.78 is 5.56. The lowest BCUT2D eigenvalue weighted by Crippen LogP contribution is -2.50. The molecule has 1 unspecified atom stereocenters. The van der Waals surface area contributed by atoms with Gasteiger partial charge >= 0.3 is 12.1 Å². The van der Waals surface area contributed by atoms with Gasteiger partial charge < -0.3 is 20.5 Å². The quantitative estimate of drug-likeness (QED) is 0.502. The number of aliphatic carboxylic acids is 1. The highest BCUT2D eigenvalue weighted by Gasteiger charge is 2.30. The summed E-state index contributed by atoms with van der Waals surface area (Å²) >= 11 is 0. The average molecular weight is 453 g/mol. The van der Waals surface area contributed by atoms with Gasteiger partial charge in [0.15, 0.2) is 0 Å². The minimum atomic E-state index is -0.895. The molecule has 0 aliphatic heterocycles. The third-order valence-corrected chi connectivity index (χ3v) is 6.17. The van der Waals surface area contributed by atoms with Crippen LogP contribution in [0.5, 0.6) is 0 Å². The highest BCUT2D eigenvalue weighted by Crippen LogP contribution is 2.44. The first kappa shape index (κ1) is 24.3. The Bertz CT molecular complexity index is 958. The lowest BCUT2D eigenvalue weighted by Gasteiger charge is -2.23. The Labute approximate surface area is 194 Å². The molecule has 3 rings (SSSR count). The third-order valence-electron chi connectivity index (χ3n) is 6.17. The normalized spacial score (nSPS) is 14.2. The summed E-state index contributed by atoms with van der Waals surface area (Å²) in [5.74, 6) is -1.62. The van der Waals surface area contributed by atoms with Gasteiger partial charge in [-0.1, -0.05) is 75.7 Å². The van der Waals surface area contributed by atoms with E-state index in [0.29, 0.717) is 6.42 Å². The predicted octanol–water partition coefficient (Wildman–Crippen LogP) is 4.17. The number of ether oxygens (including phenoxy) is 1. The van der Waals surface area contributed by atoms with Crippen LogP contribution in [0.2, 0.25) is 0 Å². The highest BCUT2D eigenvalue weighted by molar-refractivity contribution is 5.86. The first-order valence-electron chi connectivity index (χ1n) is 11.4. The maximum absolute atomic E-state index is 12.7. The first-order valence-corrected chi connectivity index (χ1v) is 11.4. The van der Waals surface area contributed by atoms with Gasteiger partial charge in [-0.25, -0.2) is 4.79 Å². The van der Waals surface area contributed by atoms with E-state index in [2.05, 4.69) is 22.8 Å². The van der Waals surface area contributed by atoms with Crippen molar-refractivity contribution < 1.29 is 24.2 Å². The fourth-order valence-electron chi connectivity index (χ4n) is 4.26. The molecule has 33 heavy (non-hydrogen) atoms. The second-order valence-electron chi connectivity index (χ2n) is 8.81. The van der Waals surface area contributed by atoms with Gasteiger partial charge in [0, 0.05) is 18.9 Å². The number of rotatable bonds is 10. The van der Waals surface area contributed by atoms with E-state index in [9.17, 15) is 14.4 Å². The molecule has 2 aromatic carbocycles. The number of benzene rings is 2. The topological polar surface area (TPSA) is 105 Å². The molecule has 2 amide bonds. The molecule has 3 N–H and O–H groups in total. The van der Waals surface area contributed by atoms with Crippen molar-refractivity contribution in [1.29, 1.82) is 0 Å². The molecule has 2 atom stereocenters. The highest BCUT2D eigenvalue weighted by atomic mass is 16.5. The standard InChI is InChI=1S/C26H32N2O5/c1-4-17(13-23(29)30)14-27-25(31)24(16(2)3)28-26(32)33-15-22-20-11-7-5-9-18(20)19-10-6-8-12-21(19)22/h5-12,16-17,22,24H,4,13-15H2,1-3H3,(H,27,31)(H,28,32)(H,29,30)/t17?,24-/m1/s1. The number of nitrogens with one attached hydrogen (secondary N) is 2. The van der Waals surface area contributed by atoms with Gasteiger partial charge in [0.05, 0.1) is 0 Å². The summed E-state index contributed by atoms with van der Waals surface area (Å²) in [6, 6.07) is 15.4. The van der Waals surface area contributed by atoms with Gasteiger partial charge in [-0.05, 0) is 34.1 Å². The van der Waals surface area contributed by atoms with Crippen molar-refractivity contribution in [3.63, 3.8) is 0 Å². The maximum atomic E-state index is 12.7. The Morgan fingerprint density at radius 1 is 1.00 bits per heavy atom. The molecule has 0 saturated heterocycles. The van der Waals surface area contributed by atoms with Crippen LogP contribution in [0.25, 0.3) is 11.1 Å². The van der Waals surface area contributed by atoms with Crippen LogP contribution in [-0.2, 0) is 14.3 Å². The number of alkyl carbamates (subject to hydrolysis) is 1. The molecule has 0 saturated carbocycles. The molecule has 0 radical (unpaired) electrons. The number of carboxylic acid groups (broad SMARTS) is 1. The number of hydrogen-bond donors (Lipinski definition) is 3. The molecule has 0 spiro atoms. The van der Waals surface area contributed by atoms with Crippen molar-refractivity contribution in [1.82, 2.24) is 10.6 Å². The molecule has 0 bridgehead atoms. The van der Waals surface area contributed by atoms with Gasteiger partial charge in [0.2, 0.25) is 5.91 Å². The van der Waals surface area contributed by atoms with Gasteiger partial charge in [-0.3, -0.25) is 9.59 Å². The summed E-state index contributed by atoms with van der Waals surface area (Å²) in [5.41, 5.74) is 4.53. The van der Waals surface area contributed by atoms with E-state index in [4.69, 9.17) is 9.84 Å². The van der Waals surface area contributed by atoms with E-state index in [-0.39, 0.29) is 43.2 Å². The summed E-state index contributed by atoms with van der Waals surface area (Å²) in [7, 11) is 0. The van der Waals surface area contributed by atoms with Crippen LogP contribution in [0.3, 0.4) is 0 Å². The van der Waals surface area contributed by atoms with Gasteiger partial charge in [-0.2, -0.15) is 0 Å². The van der Waals surface area contributed by atoms with Crippen molar-refractivity contribution >= 4 is 18.0 Å². The Hall–Kier alpha value is -3.35. The molecule has 7 heteroatoms. The van der Waals surface area contributed by atoms with Crippen molar-refractivity contribution in [2.75, 3.05) is 13.2 Å². The van der Waals surface area contributed by atoms with Crippen molar-refractivity contribution in [3.8, 4) is 11.1 Å². The molecule has 7 nitrogen and oxygen atoms in total. The van der Waals surface area contributed by atoms with Gasteiger partial charge in [-0.15, -0.1) is 0 Å². The maximum Gasteiger partial charge on any atom is 0.407 e. The van der Waals surface area contributed by atoms with Gasteiger partial charge in [0.1, 0.15) is 12.6 Å². The number of amides is 2. The van der Waals surface area contributed by atoms with Crippen LogP contribution in [0.4, 0.5) is 4.79 Å². The van der Waals surface area contributed by atoms with Crippen molar-refractivity contribution in [3.05, 3.63) is 59.7 Å². The largest absolute Gasteiger partial charge is 0.481 e. The minimum absolute atomic E-state index is 0.0110. The average Bonchev–Trinajstić information content (AvgIpc) is 3.12. The van der Waals surface area contributed by atoms with E-state index < -0.39 is 18.1 Å². The lowest BCUT2D eigenvalue weighted by atomic mass is 9.98. The fraction of sp³-hybridized carbons (Fsp3) is 0.423. The fourth-order valence-corrected chi connectivity index (χ4v) is 4.26. The van der Waals surface area contributed by atoms with Crippen LogP contribution >= 0.6 is 0 Å². The number of carbonyl (C=O) groups excluding carboxylic acids is 2. The SMILES string of the molecule is CCC(CNC(=O)[C@H](NC(=O)OCC1c2ccccc2-c2ccccc21)C(C)C)CC(=O)O. The molecule has 1 aliphatic rings. The zero-order chi connectivity index (χ0) is 24.0. The summed E-state index contributed by atoms with van der Waals surface area (Å²) in [5, 5.41) is 14.4. The number of carbonyl (C=O) groups is 3. The van der Waals surface area contributed by atoms with Crippen LogP contribution in [0, 0.1) is 11.8 Å². The first-order chi connectivity index (χ1) is 15.8. The molecule has 0 fully saturated rings. The number of hydrogen-bond acceptors (Lipinski definition) is 4. The van der Waals surface area contributed by atoms with Crippen LogP contribution < -0.4 is 10.6 Å². The molecule has 0 aromatic heterocycles. The Balaban J connectivity index is 1.59. The zero-order valence-corrected chi connectivity index (χ0v) is 19.3. The van der Waals surface area contributed by atoms with E-state index in [1.54, 1.807) is 0 Å². The Kier molecular flexibility index (Phi) is 8.09. The number of fused-ring (bicyclic) bond motifs is 3. The van der Waals surface area contributed by atoms with Crippen molar-refractivity contribution in [2.24, 2.45) is 11.8 Å². The lowest BCUT2D eigenvalue weighted by molar-refractivity contribution is -0.138. The second kappa shape index (κ2) is 11.0. The molecule has 176 valence electrons. The number of carboxylic acids is 1. The van der Waals surface area contributed by atoms with E-state index in [0.717, 1.165) is 22.3 Å². The van der Waals surface area contributed by atoms with Crippen LogP contribution in [-0.4, -0.2) is 42.3 Å². The van der Waals surface area contributed by atoms with Crippen LogP contribution in [0.1, 0.15) is 50.7 Å². The van der Waals surface area contributed by atoms with E-state index >= 15 is 0 Å². The summed E-state index contributed by atoms with van der Waals surface area (Å²) in [4.78, 5) is 36.2. The second-order valence-corrected chi connectivity index (χ2v) is 8.81. The third kappa shape index (κ3) is 5.92. The summed E-state index contributed by atoms with van der Waals surface area (Å²) in [6.07, 6.45) is -0.0231. The van der Waals surface area contributed by atoms with Crippen molar-refractivity contribution in [2.45, 2.75) is 45.6 Å². The van der Waals surface area contributed by atoms with Gasteiger partial charge in [0.25, 0.3) is 0 Å². The van der Waals surface area contributed by atoms with Crippen LogP contribution in [0.15, 0.2) is 48.5 Å². The summed E-state index contributed by atoms with van der Waals surface area (Å²) in [6.45, 7) is 5.97. The Morgan fingerprint density at radius 2 is 1.58 bits per heavy atom. The predicted molar refractivity (Wildman–Crippen MR) is 126 cm³/mol. The molecular weight excluding hydrogens is 420 g/mol.